The van der Waals surface area contributed by atoms with E-state index in [2.05, 4.69) is 20.5 Å². The molecule has 9 heteroatoms. The van der Waals surface area contributed by atoms with Gasteiger partial charge in [-0.2, -0.15) is 0 Å². The average Bonchev–Trinajstić information content (AvgIpc) is 3.14. The molecule has 0 saturated carbocycles. The minimum absolute atomic E-state index is 0.211. The van der Waals surface area contributed by atoms with Crippen molar-refractivity contribution >= 4 is 28.5 Å². The Kier molecular flexibility index (Phi) is 6.03. The first-order valence-corrected chi connectivity index (χ1v) is 9.83. The highest BCUT2D eigenvalue weighted by Gasteiger charge is 2.13. The maximum absolute atomic E-state index is 13.1. The molecule has 1 aliphatic rings. The summed E-state index contributed by atoms with van der Waals surface area (Å²) in [7, 11) is 0. The maximum atomic E-state index is 13.1. The number of benzene rings is 2. The van der Waals surface area contributed by atoms with Gasteiger partial charge in [-0.05, 0) is 35.9 Å². The number of fused-ring (bicyclic) bond motifs is 1. The zero-order chi connectivity index (χ0) is 20.2. The second-order valence-electron chi connectivity index (χ2n) is 6.89. The predicted molar refractivity (Wildman–Crippen MR) is 107 cm³/mol. The number of amides is 1. The molecule has 0 unspecified atom stereocenters. The summed E-state index contributed by atoms with van der Waals surface area (Å²) < 4.78 is 20.3. The van der Waals surface area contributed by atoms with Crippen molar-refractivity contribution in [2.24, 2.45) is 0 Å². The third-order valence-corrected chi connectivity index (χ3v) is 5.31. The van der Waals surface area contributed by atoms with Crippen LogP contribution in [-0.4, -0.2) is 58.6 Å². The molecule has 29 heavy (non-hydrogen) atoms. The maximum Gasteiger partial charge on any atom is 0.251 e. The lowest BCUT2D eigenvalue weighted by atomic mass is 10.1. The van der Waals surface area contributed by atoms with Crippen molar-refractivity contribution in [3.8, 4) is 0 Å². The molecule has 7 nitrogen and oxygen atoms in total. The number of ether oxygens (including phenoxy) is 1. The van der Waals surface area contributed by atoms with Gasteiger partial charge in [-0.1, -0.05) is 22.9 Å². The Morgan fingerprint density at radius 2 is 2.00 bits per heavy atom. The highest BCUT2D eigenvalue weighted by Crippen LogP contribution is 2.18. The molecule has 0 radical (unpaired) electrons. The first kappa shape index (κ1) is 19.8. The number of carbonyl (C=O) groups is 1. The van der Waals surface area contributed by atoms with Crippen LogP contribution >= 0.6 is 11.6 Å². The highest BCUT2D eigenvalue weighted by molar-refractivity contribution is 6.31. The summed E-state index contributed by atoms with van der Waals surface area (Å²) in [4.78, 5) is 14.8. The summed E-state index contributed by atoms with van der Waals surface area (Å²) in [5.74, 6) is -0.664. The van der Waals surface area contributed by atoms with Crippen LogP contribution in [0.1, 0.15) is 15.9 Å². The van der Waals surface area contributed by atoms with Gasteiger partial charge in [0.1, 0.15) is 11.3 Å². The molecule has 3 aromatic rings. The van der Waals surface area contributed by atoms with E-state index in [1.807, 2.05) is 10.7 Å². The molecule has 4 rings (SSSR count). The van der Waals surface area contributed by atoms with E-state index >= 15 is 0 Å². The fourth-order valence-corrected chi connectivity index (χ4v) is 3.52. The number of nitrogens with zero attached hydrogens (tertiary/aromatic N) is 4. The summed E-state index contributed by atoms with van der Waals surface area (Å²) in [6, 6.07) is 9.42. The zero-order valence-electron chi connectivity index (χ0n) is 15.8. The van der Waals surface area contributed by atoms with Crippen molar-refractivity contribution in [2.75, 3.05) is 32.8 Å². The summed E-state index contributed by atoms with van der Waals surface area (Å²) in [6.45, 7) is 5.19. The van der Waals surface area contributed by atoms with E-state index in [9.17, 15) is 9.18 Å². The SMILES string of the molecule is O=C(NCc1ccc(F)cc1Cl)c1ccc2c(c1)nnn2CCN1CCOCC1. The van der Waals surface area contributed by atoms with Gasteiger partial charge in [0.2, 0.25) is 0 Å². The first-order valence-electron chi connectivity index (χ1n) is 9.45. The van der Waals surface area contributed by atoms with Gasteiger partial charge >= 0.3 is 0 Å². The number of carbonyl (C=O) groups excluding carboxylic acids is 1. The van der Waals surface area contributed by atoms with Crippen molar-refractivity contribution in [2.45, 2.75) is 13.1 Å². The Labute approximate surface area is 172 Å². The number of halogens is 2. The predicted octanol–water partition coefficient (Wildman–Crippen LogP) is 2.49. The van der Waals surface area contributed by atoms with Gasteiger partial charge in [0.05, 0.1) is 25.3 Å². The lowest BCUT2D eigenvalue weighted by Crippen LogP contribution is -2.38. The molecule has 0 bridgehead atoms. The minimum atomic E-state index is -0.410. The molecule has 1 aromatic heterocycles. The third-order valence-electron chi connectivity index (χ3n) is 4.96. The minimum Gasteiger partial charge on any atom is -0.379 e. The van der Waals surface area contributed by atoms with Gasteiger partial charge < -0.3 is 10.1 Å². The molecule has 1 aliphatic heterocycles. The van der Waals surface area contributed by atoms with Gasteiger partial charge in [-0.15, -0.1) is 5.10 Å². The molecule has 0 atom stereocenters. The molecule has 2 aromatic carbocycles. The average molecular weight is 418 g/mol. The Bertz CT molecular complexity index is 1020. The van der Waals surface area contributed by atoms with E-state index in [-0.39, 0.29) is 17.5 Å². The number of nitrogens with one attached hydrogen (secondary N) is 1. The largest absolute Gasteiger partial charge is 0.379 e. The summed E-state index contributed by atoms with van der Waals surface area (Å²) in [5, 5.41) is 11.5. The second kappa shape index (κ2) is 8.86. The number of hydrogen-bond donors (Lipinski definition) is 1. The number of rotatable bonds is 6. The highest BCUT2D eigenvalue weighted by atomic mass is 35.5. The number of morpholine rings is 1. The van der Waals surface area contributed by atoms with Crippen molar-refractivity contribution in [1.82, 2.24) is 25.2 Å². The van der Waals surface area contributed by atoms with Crippen LogP contribution in [0.25, 0.3) is 11.0 Å². The van der Waals surface area contributed by atoms with Crippen LogP contribution in [0.15, 0.2) is 36.4 Å². The standard InChI is InChI=1S/C20H21ClFN5O2/c21-17-12-16(22)3-1-15(17)13-23-20(28)14-2-4-19-18(11-14)24-25-27(19)6-5-26-7-9-29-10-8-26/h1-4,11-12H,5-10,13H2,(H,23,28). The van der Waals surface area contributed by atoms with Gasteiger partial charge in [-0.3, -0.25) is 9.69 Å². The van der Waals surface area contributed by atoms with Gasteiger partial charge in [-0.25, -0.2) is 9.07 Å². The Balaban J connectivity index is 1.40. The molecule has 1 fully saturated rings. The molecule has 0 spiro atoms. The molecule has 1 amide bonds. The number of aromatic nitrogens is 3. The first-order chi connectivity index (χ1) is 14.1. The fraction of sp³-hybridized carbons (Fsp3) is 0.350. The van der Waals surface area contributed by atoms with Crippen molar-refractivity contribution in [3.63, 3.8) is 0 Å². The Morgan fingerprint density at radius 1 is 1.17 bits per heavy atom. The van der Waals surface area contributed by atoms with Gasteiger partial charge in [0.25, 0.3) is 5.91 Å². The van der Waals surface area contributed by atoms with E-state index in [0.29, 0.717) is 16.6 Å². The molecule has 0 aliphatic carbocycles. The molecule has 1 saturated heterocycles. The molecular weight excluding hydrogens is 397 g/mol. The number of hydrogen-bond acceptors (Lipinski definition) is 5. The van der Waals surface area contributed by atoms with Crippen molar-refractivity contribution in [1.29, 1.82) is 0 Å². The van der Waals surface area contributed by atoms with Crippen molar-refractivity contribution < 1.29 is 13.9 Å². The van der Waals surface area contributed by atoms with Crippen LogP contribution in [-0.2, 0) is 17.8 Å². The third kappa shape index (κ3) is 4.72. The van der Waals surface area contributed by atoms with E-state index < -0.39 is 5.82 Å². The monoisotopic (exact) mass is 417 g/mol. The molecular formula is C20H21ClFN5O2. The van der Waals surface area contributed by atoms with Crippen LogP contribution in [0.5, 0.6) is 0 Å². The Hall–Kier alpha value is -2.55. The van der Waals surface area contributed by atoms with E-state index in [4.69, 9.17) is 16.3 Å². The normalized spacial score (nSPS) is 15.0. The van der Waals surface area contributed by atoms with Gasteiger partial charge in [0, 0.05) is 36.8 Å². The quantitative estimate of drug-likeness (QED) is 0.667. The van der Waals surface area contributed by atoms with E-state index in [1.54, 1.807) is 18.2 Å². The smallest absolute Gasteiger partial charge is 0.251 e. The Morgan fingerprint density at radius 3 is 2.79 bits per heavy atom. The molecule has 1 N–H and O–H groups in total. The van der Waals surface area contributed by atoms with E-state index in [0.717, 1.165) is 44.9 Å². The van der Waals surface area contributed by atoms with Crippen LogP contribution in [0, 0.1) is 5.82 Å². The van der Waals surface area contributed by atoms with Gasteiger partial charge in [0.15, 0.2) is 0 Å². The topological polar surface area (TPSA) is 72.3 Å². The van der Waals surface area contributed by atoms with Crippen molar-refractivity contribution in [3.05, 3.63) is 58.4 Å². The lowest BCUT2D eigenvalue weighted by molar-refractivity contribution is 0.0360. The van der Waals surface area contributed by atoms with Crippen LogP contribution < -0.4 is 5.32 Å². The lowest BCUT2D eigenvalue weighted by Gasteiger charge is -2.26. The summed E-state index contributed by atoms with van der Waals surface area (Å²) >= 11 is 6.00. The zero-order valence-corrected chi connectivity index (χ0v) is 16.5. The molecule has 2 heterocycles. The summed E-state index contributed by atoms with van der Waals surface area (Å²) in [6.07, 6.45) is 0. The molecule has 152 valence electrons. The second-order valence-corrected chi connectivity index (χ2v) is 7.30. The van der Waals surface area contributed by atoms with Crippen LogP contribution in [0.3, 0.4) is 0 Å². The fourth-order valence-electron chi connectivity index (χ4n) is 3.28. The van der Waals surface area contributed by atoms with Crippen LogP contribution in [0.4, 0.5) is 4.39 Å². The summed E-state index contributed by atoms with van der Waals surface area (Å²) in [5.41, 5.74) is 2.68. The van der Waals surface area contributed by atoms with E-state index in [1.165, 1.54) is 12.1 Å². The van der Waals surface area contributed by atoms with Crippen LogP contribution in [0.2, 0.25) is 5.02 Å².